The van der Waals surface area contributed by atoms with Gasteiger partial charge in [-0.25, -0.2) is 4.79 Å². The standard InChI is InChI=1S/C12H24O3Si/c1-6-12(15-16-5)9(11(2,3)4)7-8-14-10(12)13/h9H,6-8,16H2,1-5H3/t9-,12?/m1/s1. The fourth-order valence-corrected chi connectivity index (χ4v) is 3.85. The number of esters is 1. The molecule has 0 aromatic rings. The molecule has 0 aromatic heterocycles. The Morgan fingerprint density at radius 1 is 1.56 bits per heavy atom. The minimum atomic E-state index is -0.669. The Morgan fingerprint density at radius 2 is 2.19 bits per heavy atom. The summed E-state index contributed by atoms with van der Waals surface area (Å²) in [6.07, 6.45) is 1.63. The van der Waals surface area contributed by atoms with E-state index < -0.39 is 15.4 Å². The third kappa shape index (κ3) is 2.32. The molecule has 0 N–H and O–H groups in total. The summed E-state index contributed by atoms with van der Waals surface area (Å²) in [5, 5.41) is 0. The number of ether oxygens (including phenoxy) is 1. The monoisotopic (exact) mass is 244 g/mol. The van der Waals surface area contributed by atoms with Crippen molar-refractivity contribution in [2.45, 2.75) is 52.7 Å². The van der Waals surface area contributed by atoms with Crippen molar-refractivity contribution in [1.29, 1.82) is 0 Å². The summed E-state index contributed by atoms with van der Waals surface area (Å²) in [6.45, 7) is 11.2. The summed E-state index contributed by atoms with van der Waals surface area (Å²) in [6, 6.07) is 0. The molecule has 1 fully saturated rings. The van der Waals surface area contributed by atoms with Crippen molar-refractivity contribution >= 4 is 15.7 Å². The van der Waals surface area contributed by atoms with Crippen LogP contribution in [0.2, 0.25) is 6.55 Å². The summed E-state index contributed by atoms with van der Waals surface area (Å²) in [5.74, 6) is 0.120. The maximum absolute atomic E-state index is 12.1. The van der Waals surface area contributed by atoms with Crippen LogP contribution in [0.5, 0.6) is 0 Å². The van der Waals surface area contributed by atoms with Crippen LogP contribution in [-0.4, -0.2) is 27.9 Å². The van der Waals surface area contributed by atoms with E-state index in [1.54, 1.807) is 0 Å². The van der Waals surface area contributed by atoms with Gasteiger partial charge in [-0.1, -0.05) is 34.2 Å². The number of rotatable bonds is 3. The van der Waals surface area contributed by atoms with E-state index in [0.717, 1.165) is 6.42 Å². The first-order valence-electron chi connectivity index (χ1n) is 6.19. The summed E-state index contributed by atoms with van der Waals surface area (Å²) in [5.41, 5.74) is -0.587. The average Bonchev–Trinajstić information content (AvgIpc) is 2.19. The molecule has 0 radical (unpaired) electrons. The van der Waals surface area contributed by atoms with E-state index in [9.17, 15) is 4.79 Å². The number of carbonyl (C=O) groups excluding carboxylic acids is 1. The number of carbonyl (C=O) groups is 1. The van der Waals surface area contributed by atoms with Gasteiger partial charge >= 0.3 is 5.97 Å². The highest BCUT2D eigenvalue weighted by atomic mass is 28.2. The van der Waals surface area contributed by atoms with Gasteiger partial charge in [0.1, 0.15) is 0 Å². The third-order valence-corrected chi connectivity index (χ3v) is 4.32. The van der Waals surface area contributed by atoms with Crippen molar-refractivity contribution in [3.8, 4) is 0 Å². The zero-order chi connectivity index (χ0) is 12.4. The zero-order valence-corrected chi connectivity index (χ0v) is 12.5. The first-order chi connectivity index (χ1) is 7.38. The highest BCUT2D eigenvalue weighted by Crippen LogP contribution is 2.44. The summed E-state index contributed by atoms with van der Waals surface area (Å²) in [4.78, 5) is 12.1. The first kappa shape index (κ1) is 13.7. The summed E-state index contributed by atoms with van der Waals surface area (Å²) < 4.78 is 11.2. The Labute approximate surface area is 101 Å². The first-order valence-corrected chi connectivity index (χ1v) is 8.18. The maximum Gasteiger partial charge on any atom is 0.337 e. The molecule has 1 unspecified atom stereocenters. The molecular formula is C12H24O3Si. The van der Waals surface area contributed by atoms with Crippen LogP contribution in [0.15, 0.2) is 0 Å². The highest BCUT2D eigenvalue weighted by Gasteiger charge is 2.52. The van der Waals surface area contributed by atoms with Crippen LogP contribution in [0, 0.1) is 11.3 Å². The second-order valence-corrected chi connectivity index (χ2v) is 6.39. The van der Waals surface area contributed by atoms with Gasteiger partial charge in [0.2, 0.25) is 0 Å². The van der Waals surface area contributed by atoms with Crippen LogP contribution in [0.3, 0.4) is 0 Å². The lowest BCUT2D eigenvalue weighted by molar-refractivity contribution is -0.186. The van der Waals surface area contributed by atoms with Crippen molar-refractivity contribution in [3.05, 3.63) is 0 Å². The van der Waals surface area contributed by atoms with E-state index in [-0.39, 0.29) is 17.3 Å². The molecule has 1 aliphatic rings. The van der Waals surface area contributed by atoms with E-state index in [1.165, 1.54) is 0 Å². The number of hydrogen-bond donors (Lipinski definition) is 0. The van der Waals surface area contributed by atoms with Crippen molar-refractivity contribution in [1.82, 2.24) is 0 Å². The zero-order valence-electron chi connectivity index (χ0n) is 11.1. The lowest BCUT2D eigenvalue weighted by Gasteiger charge is -2.47. The summed E-state index contributed by atoms with van der Waals surface area (Å²) >= 11 is 0. The normalized spacial score (nSPS) is 32.1. The van der Waals surface area contributed by atoms with Gasteiger partial charge in [-0.2, -0.15) is 0 Å². The van der Waals surface area contributed by atoms with Gasteiger partial charge in [0, 0.05) is 5.92 Å². The third-order valence-electron chi connectivity index (χ3n) is 3.52. The van der Waals surface area contributed by atoms with Crippen molar-refractivity contribution in [2.75, 3.05) is 6.61 Å². The Bertz CT molecular complexity index is 259. The topological polar surface area (TPSA) is 35.5 Å². The van der Waals surface area contributed by atoms with E-state index >= 15 is 0 Å². The molecule has 2 atom stereocenters. The van der Waals surface area contributed by atoms with E-state index in [4.69, 9.17) is 9.16 Å². The molecular weight excluding hydrogens is 220 g/mol. The largest absolute Gasteiger partial charge is 0.464 e. The van der Waals surface area contributed by atoms with Crippen LogP contribution >= 0.6 is 0 Å². The lowest BCUT2D eigenvalue weighted by atomic mass is 9.67. The molecule has 0 amide bonds. The molecule has 0 aliphatic carbocycles. The molecule has 3 nitrogen and oxygen atoms in total. The number of hydrogen-bond acceptors (Lipinski definition) is 3. The minimum absolute atomic E-state index is 0.0824. The molecule has 1 aliphatic heterocycles. The van der Waals surface area contributed by atoms with Crippen LogP contribution in [0.25, 0.3) is 0 Å². The second kappa shape index (κ2) is 4.88. The van der Waals surface area contributed by atoms with Gasteiger partial charge in [0.15, 0.2) is 15.4 Å². The van der Waals surface area contributed by atoms with E-state index in [0.29, 0.717) is 13.0 Å². The minimum Gasteiger partial charge on any atom is -0.464 e. The van der Waals surface area contributed by atoms with E-state index in [1.807, 2.05) is 6.92 Å². The predicted molar refractivity (Wildman–Crippen MR) is 67.0 cm³/mol. The predicted octanol–water partition coefficient (Wildman–Crippen LogP) is 1.89. The SMILES string of the molecule is CCC1(O[SiH2]C)C(=O)OCC[C@@H]1C(C)(C)C. The molecule has 94 valence electrons. The second-order valence-electron chi connectivity index (χ2n) is 5.52. The fraction of sp³-hybridized carbons (Fsp3) is 0.917. The quantitative estimate of drug-likeness (QED) is 0.562. The molecule has 0 bridgehead atoms. The summed E-state index contributed by atoms with van der Waals surface area (Å²) in [7, 11) is -0.621. The maximum atomic E-state index is 12.1. The Balaban J connectivity index is 3.07. The Morgan fingerprint density at radius 3 is 2.62 bits per heavy atom. The number of cyclic esters (lactones) is 1. The molecule has 1 rings (SSSR count). The van der Waals surface area contributed by atoms with Crippen molar-refractivity contribution < 1.29 is 14.0 Å². The van der Waals surface area contributed by atoms with Gasteiger partial charge in [-0.05, 0) is 18.3 Å². The van der Waals surface area contributed by atoms with Crippen LogP contribution in [0.1, 0.15) is 40.5 Å². The van der Waals surface area contributed by atoms with Gasteiger partial charge < -0.3 is 9.16 Å². The molecule has 1 saturated heterocycles. The molecule has 0 spiro atoms. The van der Waals surface area contributed by atoms with Crippen molar-refractivity contribution in [2.24, 2.45) is 11.3 Å². The van der Waals surface area contributed by atoms with Gasteiger partial charge in [-0.15, -0.1) is 0 Å². The van der Waals surface area contributed by atoms with Gasteiger partial charge in [-0.3, -0.25) is 0 Å². The fourth-order valence-electron chi connectivity index (χ4n) is 2.81. The van der Waals surface area contributed by atoms with Crippen molar-refractivity contribution in [3.63, 3.8) is 0 Å². The van der Waals surface area contributed by atoms with Crippen LogP contribution in [-0.2, 0) is 14.0 Å². The Hall–Kier alpha value is -0.353. The smallest absolute Gasteiger partial charge is 0.337 e. The lowest BCUT2D eigenvalue weighted by Crippen LogP contribution is -2.56. The van der Waals surface area contributed by atoms with Gasteiger partial charge in [0.05, 0.1) is 6.61 Å². The highest BCUT2D eigenvalue weighted by molar-refractivity contribution is 6.25. The van der Waals surface area contributed by atoms with Gasteiger partial charge in [0.25, 0.3) is 0 Å². The van der Waals surface area contributed by atoms with Crippen LogP contribution in [0.4, 0.5) is 0 Å². The molecule has 0 saturated carbocycles. The molecule has 16 heavy (non-hydrogen) atoms. The molecule has 0 aromatic carbocycles. The average molecular weight is 244 g/mol. The molecule has 4 heteroatoms. The van der Waals surface area contributed by atoms with E-state index in [2.05, 4.69) is 27.3 Å². The Kier molecular flexibility index (Phi) is 4.18. The van der Waals surface area contributed by atoms with Crippen LogP contribution < -0.4 is 0 Å². The molecule has 1 heterocycles.